The van der Waals surface area contributed by atoms with E-state index in [0.717, 1.165) is 36.6 Å². The fraction of sp³-hybridized carbons (Fsp3) is 0.238. The van der Waals surface area contributed by atoms with Crippen LogP contribution in [0.4, 0.5) is 11.4 Å². The molecule has 1 aromatic carbocycles. The number of amides is 1. The number of aromatic nitrogens is 2. The maximum absolute atomic E-state index is 13.3. The number of para-hydroxylation sites is 2. The van der Waals surface area contributed by atoms with E-state index in [-0.39, 0.29) is 5.91 Å². The van der Waals surface area contributed by atoms with Gasteiger partial charge in [0.15, 0.2) is 0 Å². The molecule has 0 spiro atoms. The molecule has 2 aromatic heterocycles. The SMILES string of the molecule is O=C(c1cc(-n2cccc2)ccn1)N1CC2CCCN2c2ccccc21. The summed E-state index contributed by atoms with van der Waals surface area (Å²) in [6.07, 6.45) is 7.96. The van der Waals surface area contributed by atoms with Crippen molar-refractivity contribution in [3.8, 4) is 5.69 Å². The van der Waals surface area contributed by atoms with Gasteiger partial charge in [-0.25, -0.2) is 0 Å². The van der Waals surface area contributed by atoms with Crippen molar-refractivity contribution in [3.05, 3.63) is 72.8 Å². The van der Waals surface area contributed by atoms with Gasteiger partial charge in [-0.15, -0.1) is 0 Å². The molecule has 1 saturated heterocycles. The van der Waals surface area contributed by atoms with Crippen molar-refractivity contribution in [1.82, 2.24) is 9.55 Å². The van der Waals surface area contributed by atoms with Crippen molar-refractivity contribution in [2.45, 2.75) is 18.9 Å². The van der Waals surface area contributed by atoms with Crippen LogP contribution < -0.4 is 9.80 Å². The minimum atomic E-state index is -0.0296. The van der Waals surface area contributed by atoms with E-state index < -0.39 is 0 Å². The van der Waals surface area contributed by atoms with Crippen LogP contribution in [0.3, 0.4) is 0 Å². The topological polar surface area (TPSA) is 41.4 Å². The number of hydrogen-bond donors (Lipinski definition) is 0. The lowest BCUT2D eigenvalue weighted by Gasteiger charge is -2.40. The van der Waals surface area contributed by atoms with Gasteiger partial charge in [0.1, 0.15) is 5.69 Å². The molecule has 2 aliphatic heterocycles. The molecule has 1 fully saturated rings. The maximum Gasteiger partial charge on any atom is 0.277 e. The highest BCUT2D eigenvalue weighted by atomic mass is 16.2. The van der Waals surface area contributed by atoms with Gasteiger partial charge in [-0.1, -0.05) is 12.1 Å². The van der Waals surface area contributed by atoms with Crippen LogP contribution in [0.1, 0.15) is 23.3 Å². The van der Waals surface area contributed by atoms with Crippen LogP contribution >= 0.6 is 0 Å². The number of fused-ring (bicyclic) bond motifs is 3. The Morgan fingerprint density at radius 1 is 1.04 bits per heavy atom. The van der Waals surface area contributed by atoms with Gasteiger partial charge in [0, 0.05) is 43.4 Å². The molecular weight excluding hydrogens is 324 g/mol. The summed E-state index contributed by atoms with van der Waals surface area (Å²) >= 11 is 0. The van der Waals surface area contributed by atoms with E-state index in [4.69, 9.17) is 0 Å². The van der Waals surface area contributed by atoms with E-state index in [2.05, 4.69) is 16.0 Å². The molecule has 26 heavy (non-hydrogen) atoms. The van der Waals surface area contributed by atoms with Gasteiger partial charge in [-0.05, 0) is 49.2 Å². The van der Waals surface area contributed by atoms with Crippen LogP contribution in [0.5, 0.6) is 0 Å². The Bertz CT molecular complexity index is 950. The normalized spacial score (nSPS) is 18.5. The van der Waals surface area contributed by atoms with E-state index in [0.29, 0.717) is 11.7 Å². The first-order chi connectivity index (χ1) is 12.8. The Hall–Kier alpha value is -3.08. The molecule has 0 saturated carbocycles. The Morgan fingerprint density at radius 2 is 1.85 bits per heavy atom. The second kappa shape index (κ2) is 6.02. The number of hydrogen-bond acceptors (Lipinski definition) is 3. The predicted octanol–water partition coefficient (Wildman–Crippen LogP) is 3.50. The summed E-state index contributed by atoms with van der Waals surface area (Å²) in [5.74, 6) is -0.0296. The fourth-order valence-corrected chi connectivity index (χ4v) is 4.12. The molecule has 3 aromatic rings. The molecule has 1 atom stereocenters. The Labute approximate surface area is 152 Å². The maximum atomic E-state index is 13.3. The molecular formula is C21H20N4O. The number of benzene rings is 1. The summed E-state index contributed by atoms with van der Waals surface area (Å²) in [6, 6.07) is 16.3. The second-order valence-electron chi connectivity index (χ2n) is 6.88. The molecule has 2 aliphatic rings. The highest BCUT2D eigenvalue weighted by Gasteiger charge is 2.36. The monoisotopic (exact) mass is 344 g/mol. The Morgan fingerprint density at radius 3 is 2.69 bits per heavy atom. The summed E-state index contributed by atoms with van der Waals surface area (Å²) in [7, 11) is 0. The summed E-state index contributed by atoms with van der Waals surface area (Å²) in [6.45, 7) is 1.80. The molecule has 5 nitrogen and oxygen atoms in total. The smallest absolute Gasteiger partial charge is 0.277 e. The zero-order valence-corrected chi connectivity index (χ0v) is 14.5. The third kappa shape index (κ3) is 2.39. The van der Waals surface area contributed by atoms with Crippen LogP contribution in [-0.2, 0) is 0 Å². The second-order valence-corrected chi connectivity index (χ2v) is 6.88. The molecule has 1 amide bonds. The highest BCUT2D eigenvalue weighted by Crippen LogP contribution is 2.39. The number of anilines is 2. The van der Waals surface area contributed by atoms with Crippen molar-refractivity contribution >= 4 is 17.3 Å². The molecule has 0 bridgehead atoms. The molecule has 1 unspecified atom stereocenters. The Kier molecular flexibility index (Phi) is 3.52. The van der Waals surface area contributed by atoms with E-state index in [1.54, 1.807) is 6.20 Å². The van der Waals surface area contributed by atoms with E-state index in [9.17, 15) is 4.79 Å². The molecule has 0 N–H and O–H groups in total. The van der Waals surface area contributed by atoms with E-state index in [1.807, 2.05) is 64.3 Å². The summed E-state index contributed by atoms with van der Waals surface area (Å²) in [4.78, 5) is 22.0. The number of rotatable bonds is 2. The number of nitrogens with zero attached hydrogens (tertiary/aromatic N) is 4. The van der Waals surface area contributed by atoms with Crippen LogP contribution in [0.2, 0.25) is 0 Å². The van der Waals surface area contributed by atoms with Crippen LogP contribution in [-0.4, -0.2) is 34.6 Å². The van der Waals surface area contributed by atoms with Crippen LogP contribution in [0, 0.1) is 0 Å². The average Bonchev–Trinajstić information content (AvgIpc) is 3.38. The zero-order valence-electron chi connectivity index (χ0n) is 14.5. The number of carbonyl (C=O) groups excluding carboxylic acids is 1. The Balaban J connectivity index is 1.53. The van der Waals surface area contributed by atoms with Gasteiger partial charge in [0.05, 0.1) is 11.4 Å². The van der Waals surface area contributed by atoms with Gasteiger partial charge in [0.2, 0.25) is 0 Å². The van der Waals surface area contributed by atoms with Gasteiger partial charge < -0.3 is 14.4 Å². The lowest BCUT2D eigenvalue weighted by atomic mass is 10.1. The summed E-state index contributed by atoms with van der Waals surface area (Å²) in [5, 5.41) is 0. The molecule has 0 radical (unpaired) electrons. The van der Waals surface area contributed by atoms with Crippen LogP contribution in [0.25, 0.3) is 5.69 Å². The first-order valence-electron chi connectivity index (χ1n) is 9.08. The molecule has 130 valence electrons. The average molecular weight is 344 g/mol. The lowest BCUT2D eigenvalue weighted by molar-refractivity contribution is 0.0979. The highest BCUT2D eigenvalue weighted by molar-refractivity contribution is 6.07. The predicted molar refractivity (Wildman–Crippen MR) is 102 cm³/mol. The first kappa shape index (κ1) is 15.2. The third-order valence-corrected chi connectivity index (χ3v) is 5.36. The lowest BCUT2D eigenvalue weighted by Crippen LogP contribution is -2.48. The minimum absolute atomic E-state index is 0.0296. The molecule has 5 rings (SSSR count). The van der Waals surface area contributed by atoms with E-state index >= 15 is 0 Å². The van der Waals surface area contributed by atoms with Crippen LogP contribution in [0.15, 0.2) is 67.1 Å². The van der Waals surface area contributed by atoms with Gasteiger partial charge in [-0.3, -0.25) is 9.78 Å². The molecule has 4 heterocycles. The zero-order chi connectivity index (χ0) is 17.5. The van der Waals surface area contributed by atoms with Crippen molar-refractivity contribution in [2.24, 2.45) is 0 Å². The number of carbonyl (C=O) groups is 1. The van der Waals surface area contributed by atoms with Gasteiger partial charge >= 0.3 is 0 Å². The molecule has 0 aliphatic carbocycles. The number of pyridine rings is 1. The van der Waals surface area contributed by atoms with Gasteiger partial charge in [0.25, 0.3) is 5.91 Å². The van der Waals surface area contributed by atoms with Gasteiger partial charge in [-0.2, -0.15) is 0 Å². The van der Waals surface area contributed by atoms with Crippen molar-refractivity contribution in [2.75, 3.05) is 22.9 Å². The van der Waals surface area contributed by atoms with Crippen molar-refractivity contribution < 1.29 is 4.79 Å². The molecule has 5 heteroatoms. The van der Waals surface area contributed by atoms with E-state index in [1.165, 1.54) is 6.42 Å². The summed E-state index contributed by atoms with van der Waals surface area (Å²) in [5.41, 5.74) is 3.58. The third-order valence-electron chi connectivity index (χ3n) is 5.36. The summed E-state index contributed by atoms with van der Waals surface area (Å²) < 4.78 is 1.99. The largest absolute Gasteiger partial charge is 0.365 e. The van der Waals surface area contributed by atoms with Crippen molar-refractivity contribution in [1.29, 1.82) is 0 Å². The first-order valence-corrected chi connectivity index (χ1v) is 9.08. The standard InChI is InChI=1S/C21H20N4O/c26-21(18-14-16(9-10-22-18)23-11-3-4-12-23)25-15-17-6-5-13-24(17)19-7-1-2-8-20(19)25/h1-4,7-12,14,17H,5-6,13,15H2. The minimum Gasteiger partial charge on any atom is -0.365 e. The fourth-order valence-electron chi connectivity index (χ4n) is 4.12. The van der Waals surface area contributed by atoms with Crippen molar-refractivity contribution in [3.63, 3.8) is 0 Å². The quantitative estimate of drug-likeness (QED) is 0.714.